The van der Waals surface area contributed by atoms with Gasteiger partial charge in [-0.3, -0.25) is 9.59 Å². The molecule has 5 heteroatoms. The van der Waals surface area contributed by atoms with Crippen LogP contribution in [0.3, 0.4) is 0 Å². The zero-order valence-corrected chi connectivity index (χ0v) is 44.1. The number of esters is 2. The topological polar surface area (TPSA) is 61.8 Å². The average molecular weight is 940 g/mol. The molecule has 0 aromatic heterocycles. The van der Waals surface area contributed by atoms with Crippen LogP contribution >= 0.6 is 0 Å². The van der Waals surface area contributed by atoms with Crippen molar-refractivity contribution in [3.05, 3.63) is 134 Å². The van der Waals surface area contributed by atoms with Crippen LogP contribution in [0.15, 0.2) is 134 Å². The maximum absolute atomic E-state index is 12.8. The Morgan fingerprint density at radius 1 is 0.338 bits per heavy atom. The first-order valence-corrected chi connectivity index (χ1v) is 27.7. The number of carbonyl (C=O) groups excluding carboxylic acids is 2. The molecule has 1 atom stereocenters. The Bertz CT molecular complexity index is 1430. The minimum absolute atomic E-state index is 0.0388. The fourth-order valence-electron chi connectivity index (χ4n) is 7.10. The van der Waals surface area contributed by atoms with Crippen LogP contribution in [0.1, 0.15) is 226 Å². The van der Waals surface area contributed by atoms with E-state index in [1.165, 1.54) is 70.6 Å². The molecule has 0 saturated heterocycles. The monoisotopic (exact) mass is 939 g/mol. The molecule has 0 amide bonds. The van der Waals surface area contributed by atoms with E-state index in [2.05, 4.69) is 154 Å². The van der Waals surface area contributed by atoms with Crippen LogP contribution in [-0.4, -0.2) is 37.9 Å². The third-order valence-electron chi connectivity index (χ3n) is 11.2. The highest BCUT2D eigenvalue weighted by molar-refractivity contribution is 5.70. The van der Waals surface area contributed by atoms with E-state index in [9.17, 15) is 9.59 Å². The largest absolute Gasteiger partial charge is 0.462 e. The third kappa shape index (κ3) is 54.6. The fourth-order valence-corrected chi connectivity index (χ4v) is 7.10. The van der Waals surface area contributed by atoms with Crippen LogP contribution in [0.25, 0.3) is 0 Å². The van der Waals surface area contributed by atoms with E-state index in [1.54, 1.807) is 0 Å². The second kappa shape index (κ2) is 57.4. The van der Waals surface area contributed by atoms with E-state index < -0.39 is 6.10 Å². The molecule has 0 spiro atoms. The Morgan fingerprint density at radius 2 is 0.676 bits per heavy atom. The first-order valence-electron chi connectivity index (χ1n) is 27.7. The molecule has 0 aliphatic carbocycles. The summed E-state index contributed by atoms with van der Waals surface area (Å²) in [6.07, 6.45) is 81.9. The maximum Gasteiger partial charge on any atom is 0.306 e. The Hall–Kier alpha value is -3.96. The second-order valence-electron chi connectivity index (χ2n) is 17.7. The van der Waals surface area contributed by atoms with Gasteiger partial charge in [0, 0.05) is 19.4 Å². The van der Waals surface area contributed by atoms with E-state index in [1.807, 2.05) is 0 Å². The normalized spacial score (nSPS) is 13.3. The zero-order chi connectivity index (χ0) is 49.2. The summed E-state index contributed by atoms with van der Waals surface area (Å²) in [6, 6.07) is 0. The van der Waals surface area contributed by atoms with Crippen LogP contribution < -0.4 is 0 Å². The van der Waals surface area contributed by atoms with Gasteiger partial charge < -0.3 is 14.2 Å². The van der Waals surface area contributed by atoms with Crippen LogP contribution in [0, 0.1) is 0 Å². The molecule has 0 heterocycles. The van der Waals surface area contributed by atoms with Gasteiger partial charge in [-0.15, -0.1) is 0 Å². The van der Waals surface area contributed by atoms with Crippen LogP contribution in [0.5, 0.6) is 0 Å². The van der Waals surface area contributed by atoms with Crippen molar-refractivity contribution in [2.45, 2.75) is 232 Å². The number of rotatable bonds is 49. The van der Waals surface area contributed by atoms with Crippen molar-refractivity contribution in [1.29, 1.82) is 0 Å². The number of hydrogen-bond acceptors (Lipinski definition) is 5. The van der Waals surface area contributed by atoms with Crippen molar-refractivity contribution in [3.8, 4) is 0 Å². The quantitative estimate of drug-likeness (QED) is 0.0345. The van der Waals surface area contributed by atoms with Crippen molar-refractivity contribution < 1.29 is 23.8 Å². The molecule has 0 aliphatic rings. The van der Waals surface area contributed by atoms with Crippen molar-refractivity contribution in [2.75, 3.05) is 19.8 Å². The summed E-state index contributed by atoms with van der Waals surface area (Å²) < 4.78 is 17.4. The fraction of sp³-hybridized carbons (Fsp3) is 0.619. The molecular formula is C63H102O5. The van der Waals surface area contributed by atoms with E-state index in [4.69, 9.17) is 14.2 Å². The lowest BCUT2D eigenvalue weighted by molar-refractivity contribution is -0.162. The van der Waals surface area contributed by atoms with Crippen LogP contribution in [-0.2, 0) is 23.8 Å². The van der Waals surface area contributed by atoms with Crippen LogP contribution in [0.2, 0.25) is 0 Å². The number of carbonyl (C=O) groups is 2. The number of unbranched alkanes of at least 4 members (excludes halogenated alkanes) is 16. The minimum atomic E-state index is -0.595. The molecule has 0 radical (unpaired) electrons. The molecule has 0 bridgehead atoms. The van der Waals surface area contributed by atoms with Gasteiger partial charge >= 0.3 is 11.9 Å². The Kier molecular flexibility index (Phi) is 54.0. The predicted octanol–water partition coefficient (Wildman–Crippen LogP) is 19.1. The maximum atomic E-state index is 12.8. The van der Waals surface area contributed by atoms with Crippen molar-refractivity contribution in [2.24, 2.45) is 0 Å². The van der Waals surface area contributed by atoms with Crippen molar-refractivity contribution >= 4 is 11.9 Å². The third-order valence-corrected chi connectivity index (χ3v) is 11.2. The summed E-state index contributed by atoms with van der Waals surface area (Å²) in [7, 11) is 0. The van der Waals surface area contributed by atoms with Crippen molar-refractivity contribution in [1.82, 2.24) is 0 Å². The van der Waals surface area contributed by atoms with Gasteiger partial charge in [0.1, 0.15) is 6.61 Å². The minimum Gasteiger partial charge on any atom is -0.462 e. The number of ether oxygens (including phenoxy) is 3. The molecule has 0 aromatic carbocycles. The molecular weight excluding hydrogens is 837 g/mol. The van der Waals surface area contributed by atoms with Crippen LogP contribution in [0.4, 0.5) is 0 Å². The average Bonchev–Trinajstić information content (AvgIpc) is 3.34. The highest BCUT2D eigenvalue weighted by Crippen LogP contribution is 2.13. The molecule has 0 aliphatic heterocycles. The van der Waals surface area contributed by atoms with Crippen molar-refractivity contribution in [3.63, 3.8) is 0 Å². The molecule has 0 aromatic rings. The molecule has 1 unspecified atom stereocenters. The van der Waals surface area contributed by atoms with Gasteiger partial charge in [0.15, 0.2) is 6.10 Å². The highest BCUT2D eigenvalue weighted by atomic mass is 16.6. The summed E-state index contributed by atoms with van der Waals surface area (Å²) in [6.45, 7) is 7.43. The van der Waals surface area contributed by atoms with Gasteiger partial charge in [-0.1, -0.05) is 219 Å². The summed E-state index contributed by atoms with van der Waals surface area (Å²) in [5, 5.41) is 0. The van der Waals surface area contributed by atoms with Gasteiger partial charge in [0.2, 0.25) is 0 Å². The summed E-state index contributed by atoms with van der Waals surface area (Å²) in [5.74, 6) is -0.495. The molecule has 68 heavy (non-hydrogen) atoms. The lowest BCUT2D eigenvalue weighted by Gasteiger charge is -2.18. The Balaban J connectivity index is 4.44. The second-order valence-corrected chi connectivity index (χ2v) is 17.7. The standard InChI is InChI=1S/C63H102O5/c1-4-7-10-13-16-19-22-25-28-31-32-34-35-38-41-44-47-50-53-56-62(64)67-60-61(59-66-58-55-52-49-46-43-40-37-30-27-24-21-18-15-12-9-6-3)68-63(65)57-54-51-48-45-42-39-36-33-29-26-23-20-17-14-11-8-5-2/h8-9,11-12,16-21,25-30,36,39-40,43,45,48,61H,4-7,10,13-15,22-24,31-35,37-38,41-42,44,46-47,49-60H2,1-3H3/b11-8-,12-9-,19-16-,20-17-,21-18-,28-25-,29-26-,30-27-,39-36-,43-40-,48-45-. The summed E-state index contributed by atoms with van der Waals surface area (Å²) in [4.78, 5) is 25.5. The lowest BCUT2D eigenvalue weighted by Crippen LogP contribution is -2.30. The molecule has 0 fully saturated rings. The smallest absolute Gasteiger partial charge is 0.306 e. The predicted molar refractivity (Wildman–Crippen MR) is 297 cm³/mol. The number of allylic oxidation sites excluding steroid dienone is 22. The first-order chi connectivity index (χ1) is 33.6. The molecule has 0 saturated carbocycles. The number of hydrogen-bond donors (Lipinski definition) is 0. The molecule has 0 N–H and O–H groups in total. The highest BCUT2D eigenvalue weighted by Gasteiger charge is 2.17. The molecule has 5 nitrogen and oxygen atoms in total. The van der Waals surface area contributed by atoms with Gasteiger partial charge in [-0.25, -0.2) is 0 Å². The lowest BCUT2D eigenvalue weighted by atomic mass is 10.1. The van der Waals surface area contributed by atoms with E-state index in [0.29, 0.717) is 25.9 Å². The SMILES string of the molecule is CC/C=C\C/C=C\C/C=C\C/C=C\C/C=C\CCCC(=O)OC(COCCCCC/C=C\C/C=C\C/C=C\C/C=C\CC)COC(=O)CCCCCCCCCCC/C=C\C/C=C\CCCCC. The van der Waals surface area contributed by atoms with Gasteiger partial charge in [0.05, 0.1) is 6.61 Å². The molecule has 0 rings (SSSR count). The Labute approximate surface area is 419 Å². The first kappa shape index (κ1) is 64.0. The van der Waals surface area contributed by atoms with E-state index in [-0.39, 0.29) is 25.2 Å². The summed E-state index contributed by atoms with van der Waals surface area (Å²) >= 11 is 0. The van der Waals surface area contributed by atoms with Gasteiger partial charge in [-0.05, 0) is 128 Å². The van der Waals surface area contributed by atoms with Gasteiger partial charge in [-0.2, -0.15) is 0 Å². The Morgan fingerprint density at radius 3 is 1.10 bits per heavy atom. The van der Waals surface area contributed by atoms with Gasteiger partial charge in [0.25, 0.3) is 0 Å². The van der Waals surface area contributed by atoms with E-state index >= 15 is 0 Å². The summed E-state index contributed by atoms with van der Waals surface area (Å²) in [5.41, 5.74) is 0. The van der Waals surface area contributed by atoms with E-state index in [0.717, 1.165) is 116 Å². The zero-order valence-electron chi connectivity index (χ0n) is 44.1. The molecule has 384 valence electrons.